The van der Waals surface area contributed by atoms with Crippen molar-refractivity contribution in [2.75, 3.05) is 19.1 Å². The number of benzene rings is 2. The average molecular weight is 583 g/mol. The van der Waals surface area contributed by atoms with E-state index in [9.17, 15) is 24.3 Å². The number of phenols is 1. The highest BCUT2D eigenvalue weighted by molar-refractivity contribution is 6.53. The lowest BCUT2D eigenvalue weighted by Crippen LogP contribution is -2.60. The van der Waals surface area contributed by atoms with Crippen LogP contribution in [0.5, 0.6) is 11.5 Å². The smallest absolute Gasteiger partial charge is 0.253 e. The van der Waals surface area contributed by atoms with Gasteiger partial charge in [-0.05, 0) is 61.1 Å². The highest BCUT2D eigenvalue weighted by atomic mass is 35.5. The van der Waals surface area contributed by atoms with E-state index in [-0.39, 0.29) is 36.0 Å². The summed E-state index contributed by atoms with van der Waals surface area (Å²) in [4.78, 5) is 53.1. The van der Waals surface area contributed by atoms with Gasteiger partial charge in [-0.25, -0.2) is 0 Å². The number of carbonyl (C=O) groups excluding carboxylic acids is 4. The van der Waals surface area contributed by atoms with Crippen LogP contribution in [0.4, 0.5) is 5.69 Å². The number of ether oxygens (including phenoxy) is 1. The van der Waals surface area contributed by atoms with Gasteiger partial charge < -0.3 is 9.84 Å². The predicted octanol–water partition coefficient (Wildman–Crippen LogP) is 4.16. The topological polar surface area (TPSA) is 104 Å². The number of aromatic hydroxyl groups is 1. The number of fused-ring (bicyclic) bond motifs is 4. The molecule has 2 aromatic rings. The number of anilines is 1. The van der Waals surface area contributed by atoms with E-state index >= 15 is 0 Å². The molecule has 0 radical (unpaired) electrons. The number of carbonyl (C=O) groups is 4. The van der Waals surface area contributed by atoms with Gasteiger partial charge in [0.05, 0.1) is 24.6 Å². The number of likely N-dealkylation sites (tertiary alicyclic amines) is 1. The number of aryl methyl sites for hydroxylation is 1. The molecule has 4 aliphatic rings. The van der Waals surface area contributed by atoms with Crippen molar-refractivity contribution in [3.05, 3.63) is 65.2 Å². The molecule has 1 saturated carbocycles. The van der Waals surface area contributed by atoms with Crippen LogP contribution in [0, 0.1) is 17.8 Å². The van der Waals surface area contributed by atoms with Crippen molar-refractivity contribution in [2.45, 2.75) is 41.9 Å². The van der Waals surface area contributed by atoms with E-state index in [0.717, 1.165) is 16.9 Å². The summed E-state index contributed by atoms with van der Waals surface area (Å²) in [5, 5.41) is 11.0. The first-order valence-electron chi connectivity index (χ1n) is 13.2. The minimum atomic E-state index is -1.97. The zero-order valence-electron chi connectivity index (χ0n) is 22.2. The standard InChI is InChI=1S/C30H28Cl2N2O6/c1-4-15-5-7-16(8-6-15)34-25(36)19-11-10-18-21(23(19)26(34)37)14-29(31)27(38)33(2)28(39)30(29,32)24(18)20-13-17(40-3)9-12-22(20)35/h5-10,12-13,19,21,23-24,35H,4,11,14H2,1-3H3/t19-,21+,23-,24+,29+,30-/m0/s1. The number of imide groups is 2. The molecule has 4 amide bonds. The van der Waals surface area contributed by atoms with Gasteiger partial charge in [0.15, 0.2) is 9.75 Å². The number of halogens is 2. The van der Waals surface area contributed by atoms with Crippen LogP contribution in [-0.4, -0.2) is 57.5 Å². The SMILES string of the molecule is CCc1ccc(N2C(=O)[C@H]3[C@H](CC=C4[C@H]3C[C@@]3(Cl)C(=O)N(C)C(=O)[C@@]3(Cl)[C@H]4c3cc(OC)ccc3O)C2=O)cc1. The number of phenolic OH excluding ortho intramolecular Hbond substituents is 1. The first-order chi connectivity index (χ1) is 19.0. The molecule has 0 unspecified atom stereocenters. The summed E-state index contributed by atoms with van der Waals surface area (Å²) in [6, 6.07) is 11.9. The lowest BCUT2D eigenvalue weighted by molar-refractivity contribution is -0.138. The molecular formula is C30H28Cl2N2O6. The third-order valence-electron chi connectivity index (χ3n) is 9.16. The van der Waals surface area contributed by atoms with E-state index in [1.165, 1.54) is 25.1 Å². The van der Waals surface area contributed by atoms with Crippen LogP contribution in [0.25, 0.3) is 0 Å². The van der Waals surface area contributed by atoms with Crippen LogP contribution in [0.2, 0.25) is 0 Å². The normalized spacial score (nSPS) is 33.1. The first kappa shape index (κ1) is 26.8. The van der Waals surface area contributed by atoms with Crippen LogP contribution in [0.15, 0.2) is 54.1 Å². The van der Waals surface area contributed by atoms with Crippen molar-refractivity contribution >= 4 is 52.5 Å². The summed E-state index contributed by atoms with van der Waals surface area (Å²) < 4.78 is 5.38. The van der Waals surface area contributed by atoms with Gasteiger partial charge in [-0.15, -0.1) is 23.2 Å². The van der Waals surface area contributed by atoms with Gasteiger partial charge in [-0.3, -0.25) is 29.0 Å². The molecule has 6 rings (SSSR count). The van der Waals surface area contributed by atoms with E-state index in [1.54, 1.807) is 24.3 Å². The molecule has 0 spiro atoms. The molecule has 2 aliphatic carbocycles. The third kappa shape index (κ3) is 3.32. The zero-order valence-corrected chi connectivity index (χ0v) is 23.7. The second-order valence-corrected chi connectivity index (χ2v) is 12.2. The Balaban J connectivity index is 1.51. The minimum absolute atomic E-state index is 0.108. The molecule has 0 bridgehead atoms. The molecule has 2 aromatic carbocycles. The Morgan fingerprint density at radius 3 is 2.35 bits per heavy atom. The van der Waals surface area contributed by atoms with E-state index in [2.05, 4.69) is 0 Å². The van der Waals surface area contributed by atoms with E-state index in [1.807, 2.05) is 25.1 Å². The van der Waals surface area contributed by atoms with Gasteiger partial charge >= 0.3 is 0 Å². The fourth-order valence-electron chi connectivity index (χ4n) is 7.12. The number of nitrogens with zero attached hydrogens (tertiary/aromatic N) is 2. The number of alkyl halides is 2. The van der Waals surface area contributed by atoms with Crippen molar-refractivity contribution in [3.63, 3.8) is 0 Å². The van der Waals surface area contributed by atoms with Gasteiger partial charge in [-0.2, -0.15) is 0 Å². The average Bonchev–Trinajstić information content (AvgIpc) is 3.28. The quantitative estimate of drug-likeness (QED) is 0.330. The lowest BCUT2D eigenvalue weighted by atomic mass is 9.56. The third-order valence-corrected chi connectivity index (χ3v) is 10.6. The summed E-state index contributed by atoms with van der Waals surface area (Å²) in [7, 11) is 2.79. The maximum Gasteiger partial charge on any atom is 0.253 e. The molecule has 40 heavy (non-hydrogen) atoms. The van der Waals surface area contributed by atoms with Crippen molar-refractivity contribution in [1.82, 2.24) is 4.90 Å². The molecule has 2 aliphatic heterocycles. The Hall–Kier alpha value is -3.36. The number of hydrogen-bond donors (Lipinski definition) is 1. The summed E-state index contributed by atoms with van der Waals surface area (Å²) in [6.07, 6.45) is 2.79. The molecule has 8 nitrogen and oxygen atoms in total. The van der Waals surface area contributed by atoms with Gasteiger partial charge in [-0.1, -0.05) is 30.7 Å². The van der Waals surface area contributed by atoms with Crippen LogP contribution < -0.4 is 9.64 Å². The molecule has 2 saturated heterocycles. The van der Waals surface area contributed by atoms with Crippen LogP contribution >= 0.6 is 23.2 Å². The van der Waals surface area contributed by atoms with Crippen molar-refractivity contribution < 1.29 is 29.0 Å². The Labute approximate surface area is 241 Å². The molecule has 10 heteroatoms. The van der Waals surface area contributed by atoms with E-state index in [0.29, 0.717) is 17.0 Å². The largest absolute Gasteiger partial charge is 0.508 e. The van der Waals surface area contributed by atoms with Crippen LogP contribution in [0.3, 0.4) is 0 Å². The van der Waals surface area contributed by atoms with Crippen LogP contribution in [0.1, 0.15) is 36.8 Å². The first-order valence-corrected chi connectivity index (χ1v) is 14.0. The highest BCUT2D eigenvalue weighted by Crippen LogP contribution is 2.66. The van der Waals surface area contributed by atoms with Gasteiger partial charge in [0.25, 0.3) is 11.8 Å². The predicted molar refractivity (Wildman–Crippen MR) is 148 cm³/mol. The van der Waals surface area contributed by atoms with Gasteiger partial charge in [0.1, 0.15) is 11.5 Å². The highest BCUT2D eigenvalue weighted by Gasteiger charge is 2.76. The Bertz CT molecular complexity index is 1510. The fraction of sp³-hybridized carbons (Fsp3) is 0.400. The second kappa shape index (κ2) is 9.08. The number of hydrogen-bond acceptors (Lipinski definition) is 6. The zero-order chi connectivity index (χ0) is 28.7. The summed E-state index contributed by atoms with van der Waals surface area (Å²) >= 11 is 14.3. The number of allylic oxidation sites excluding steroid dienone is 2. The Morgan fingerprint density at radius 2 is 1.70 bits per heavy atom. The molecule has 2 heterocycles. The monoisotopic (exact) mass is 582 g/mol. The number of methoxy groups -OCH3 is 1. The fourth-order valence-corrected chi connectivity index (χ4v) is 8.13. The Morgan fingerprint density at radius 1 is 1.00 bits per heavy atom. The molecule has 3 fully saturated rings. The second-order valence-electron chi connectivity index (χ2n) is 11.0. The minimum Gasteiger partial charge on any atom is -0.508 e. The number of rotatable bonds is 4. The van der Waals surface area contributed by atoms with Crippen molar-refractivity contribution in [1.29, 1.82) is 0 Å². The summed E-state index contributed by atoms with van der Waals surface area (Å²) in [5.74, 6) is -4.98. The van der Waals surface area contributed by atoms with Crippen molar-refractivity contribution in [3.8, 4) is 11.5 Å². The molecular weight excluding hydrogens is 555 g/mol. The maximum absolute atomic E-state index is 14.0. The molecule has 208 valence electrons. The molecule has 0 aromatic heterocycles. The molecule has 6 atom stereocenters. The van der Waals surface area contributed by atoms with E-state index in [4.69, 9.17) is 27.9 Å². The Kier molecular flexibility index (Phi) is 6.09. The summed E-state index contributed by atoms with van der Waals surface area (Å²) in [5.41, 5.74) is 2.43. The summed E-state index contributed by atoms with van der Waals surface area (Å²) in [6.45, 7) is 2.02. The van der Waals surface area contributed by atoms with Crippen molar-refractivity contribution in [2.24, 2.45) is 17.8 Å². The number of amides is 4. The maximum atomic E-state index is 14.0. The van der Waals surface area contributed by atoms with Crippen LogP contribution in [-0.2, 0) is 25.6 Å². The van der Waals surface area contributed by atoms with Gasteiger partial charge in [0, 0.05) is 18.5 Å². The van der Waals surface area contributed by atoms with E-state index < -0.39 is 45.2 Å². The van der Waals surface area contributed by atoms with Gasteiger partial charge in [0.2, 0.25) is 11.8 Å². The molecule has 1 N–H and O–H groups in total. The lowest BCUT2D eigenvalue weighted by Gasteiger charge is -2.50.